The highest BCUT2D eigenvalue weighted by Crippen LogP contribution is 2.27. The van der Waals surface area contributed by atoms with Crippen LogP contribution in [-0.2, 0) is 0 Å². The van der Waals surface area contributed by atoms with Crippen molar-refractivity contribution in [3.05, 3.63) is 24.7 Å². The molecule has 6 nitrogen and oxygen atoms in total. The molecule has 2 aliphatic rings. The summed E-state index contributed by atoms with van der Waals surface area (Å²) in [6.45, 7) is 10.3. The van der Waals surface area contributed by atoms with Gasteiger partial charge in [0, 0.05) is 51.5 Å². The number of aromatic nitrogens is 3. The van der Waals surface area contributed by atoms with E-state index in [2.05, 4.69) is 42.6 Å². The fraction of sp³-hybridized carbons (Fsp3) is 0.562. The molecule has 0 radical (unpaired) electrons. The Balaban J connectivity index is 1.43. The summed E-state index contributed by atoms with van der Waals surface area (Å²) in [5, 5.41) is 1.05. The van der Waals surface area contributed by atoms with Crippen LogP contribution in [0.15, 0.2) is 24.7 Å². The third kappa shape index (κ3) is 2.42. The van der Waals surface area contributed by atoms with Gasteiger partial charge in [-0.3, -0.25) is 4.90 Å². The van der Waals surface area contributed by atoms with E-state index in [9.17, 15) is 0 Å². The van der Waals surface area contributed by atoms with Crippen LogP contribution in [0.1, 0.15) is 6.92 Å². The summed E-state index contributed by atoms with van der Waals surface area (Å²) in [4.78, 5) is 20.5. The second-order valence-corrected chi connectivity index (χ2v) is 6.10. The molecular weight excluding hydrogens is 276 g/mol. The standard InChI is InChI=1S/C16H22N6/c1-2-20-6-8-21(9-7-20)13-10-22(11-13)16-14-4-3-5-17-15(14)18-12-19-16/h3-5,12-13H,2,6-11H2,1H3. The molecule has 0 amide bonds. The van der Waals surface area contributed by atoms with Crippen LogP contribution in [-0.4, -0.2) is 76.6 Å². The molecule has 0 aliphatic carbocycles. The molecule has 2 aromatic rings. The van der Waals surface area contributed by atoms with Crippen molar-refractivity contribution in [1.29, 1.82) is 0 Å². The van der Waals surface area contributed by atoms with Crippen molar-refractivity contribution in [3.8, 4) is 0 Å². The summed E-state index contributed by atoms with van der Waals surface area (Å²) < 4.78 is 0. The molecule has 2 aromatic heterocycles. The maximum absolute atomic E-state index is 4.48. The van der Waals surface area contributed by atoms with Crippen LogP contribution < -0.4 is 4.90 Å². The Morgan fingerprint density at radius 3 is 2.68 bits per heavy atom. The predicted molar refractivity (Wildman–Crippen MR) is 87.0 cm³/mol. The number of hydrogen-bond donors (Lipinski definition) is 0. The molecule has 0 spiro atoms. The monoisotopic (exact) mass is 298 g/mol. The molecule has 0 atom stereocenters. The lowest BCUT2D eigenvalue weighted by Gasteiger charge is -2.48. The van der Waals surface area contributed by atoms with Gasteiger partial charge < -0.3 is 9.80 Å². The largest absolute Gasteiger partial charge is 0.353 e. The minimum absolute atomic E-state index is 0.667. The van der Waals surface area contributed by atoms with Gasteiger partial charge in [-0.25, -0.2) is 15.0 Å². The number of likely N-dealkylation sites (N-methyl/N-ethyl adjacent to an activating group) is 1. The molecule has 0 aromatic carbocycles. The number of piperazine rings is 1. The van der Waals surface area contributed by atoms with Crippen LogP contribution in [0.3, 0.4) is 0 Å². The fourth-order valence-electron chi connectivity index (χ4n) is 3.44. The van der Waals surface area contributed by atoms with Gasteiger partial charge in [-0.2, -0.15) is 0 Å². The summed E-state index contributed by atoms with van der Waals surface area (Å²) >= 11 is 0. The highest BCUT2D eigenvalue weighted by molar-refractivity contribution is 5.86. The summed E-state index contributed by atoms with van der Waals surface area (Å²) in [5.41, 5.74) is 0.785. The number of fused-ring (bicyclic) bond motifs is 1. The highest BCUT2D eigenvalue weighted by Gasteiger charge is 2.34. The Labute approximate surface area is 130 Å². The molecule has 2 aliphatic heterocycles. The predicted octanol–water partition coefficient (Wildman–Crippen LogP) is 0.851. The zero-order valence-corrected chi connectivity index (χ0v) is 13.0. The number of nitrogens with zero attached hydrogens (tertiary/aromatic N) is 6. The zero-order chi connectivity index (χ0) is 14.9. The minimum Gasteiger partial charge on any atom is -0.353 e. The van der Waals surface area contributed by atoms with Crippen LogP contribution >= 0.6 is 0 Å². The van der Waals surface area contributed by atoms with Gasteiger partial charge in [0.05, 0.1) is 5.39 Å². The summed E-state index contributed by atoms with van der Waals surface area (Å²) in [6.07, 6.45) is 3.41. The smallest absolute Gasteiger partial charge is 0.164 e. The molecule has 0 bridgehead atoms. The van der Waals surface area contributed by atoms with Gasteiger partial charge >= 0.3 is 0 Å². The van der Waals surface area contributed by atoms with Crippen LogP contribution in [0.2, 0.25) is 0 Å². The number of hydrogen-bond acceptors (Lipinski definition) is 6. The average molecular weight is 298 g/mol. The highest BCUT2D eigenvalue weighted by atomic mass is 15.4. The van der Waals surface area contributed by atoms with Gasteiger partial charge in [0.15, 0.2) is 5.65 Å². The quantitative estimate of drug-likeness (QED) is 0.837. The van der Waals surface area contributed by atoms with Crippen molar-refractivity contribution >= 4 is 16.9 Å². The number of anilines is 1. The van der Waals surface area contributed by atoms with Crippen molar-refractivity contribution in [2.24, 2.45) is 0 Å². The van der Waals surface area contributed by atoms with Gasteiger partial charge in [-0.15, -0.1) is 0 Å². The van der Waals surface area contributed by atoms with E-state index in [0.717, 1.165) is 29.9 Å². The Hall–Kier alpha value is -1.79. The van der Waals surface area contributed by atoms with E-state index in [1.54, 1.807) is 12.5 Å². The molecular formula is C16H22N6. The first-order valence-electron chi connectivity index (χ1n) is 8.12. The van der Waals surface area contributed by atoms with Crippen LogP contribution in [0.5, 0.6) is 0 Å². The first kappa shape index (κ1) is 13.8. The number of rotatable bonds is 3. The fourth-order valence-corrected chi connectivity index (χ4v) is 3.44. The van der Waals surface area contributed by atoms with E-state index in [0.29, 0.717) is 6.04 Å². The molecule has 4 heterocycles. The van der Waals surface area contributed by atoms with E-state index < -0.39 is 0 Å². The van der Waals surface area contributed by atoms with Crippen LogP contribution in [0.25, 0.3) is 11.0 Å². The zero-order valence-electron chi connectivity index (χ0n) is 13.0. The molecule has 2 saturated heterocycles. The normalized spacial score (nSPS) is 21.2. The lowest BCUT2D eigenvalue weighted by molar-refractivity contribution is 0.0860. The first-order valence-corrected chi connectivity index (χ1v) is 8.12. The summed E-state index contributed by atoms with van der Waals surface area (Å²) in [5.74, 6) is 1.03. The SMILES string of the molecule is CCN1CCN(C2CN(c3ncnc4ncccc34)C2)CC1. The van der Waals surface area contributed by atoms with E-state index in [1.165, 1.54) is 32.7 Å². The van der Waals surface area contributed by atoms with E-state index in [4.69, 9.17) is 0 Å². The maximum Gasteiger partial charge on any atom is 0.164 e. The molecule has 6 heteroatoms. The van der Waals surface area contributed by atoms with Crippen molar-refractivity contribution < 1.29 is 0 Å². The molecule has 4 rings (SSSR count). The van der Waals surface area contributed by atoms with Gasteiger partial charge in [-0.05, 0) is 18.7 Å². The molecule has 0 unspecified atom stereocenters. The number of pyridine rings is 1. The van der Waals surface area contributed by atoms with Gasteiger partial charge in [0.25, 0.3) is 0 Å². The van der Waals surface area contributed by atoms with Crippen LogP contribution in [0, 0.1) is 0 Å². The molecule has 0 N–H and O–H groups in total. The summed E-state index contributed by atoms with van der Waals surface area (Å²) in [6, 6.07) is 4.68. The summed E-state index contributed by atoms with van der Waals surface area (Å²) in [7, 11) is 0. The second kappa shape index (κ2) is 5.78. The van der Waals surface area contributed by atoms with Gasteiger partial charge in [-0.1, -0.05) is 6.92 Å². The molecule has 116 valence electrons. The lowest BCUT2D eigenvalue weighted by atomic mass is 10.1. The third-order valence-electron chi connectivity index (χ3n) is 4.92. The lowest BCUT2D eigenvalue weighted by Crippen LogP contribution is -2.63. The van der Waals surface area contributed by atoms with Crippen molar-refractivity contribution in [2.75, 3.05) is 50.7 Å². The topological polar surface area (TPSA) is 48.4 Å². The molecule has 0 saturated carbocycles. The minimum atomic E-state index is 0.667. The average Bonchev–Trinajstić information content (AvgIpc) is 2.54. The maximum atomic E-state index is 4.48. The van der Waals surface area contributed by atoms with E-state index in [1.807, 2.05) is 6.07 Å². The van der Waals surface area contributed by atoms with Gasteiger partial charge in [0.2, 0.25) is 0 Å². The first-order chi connectivity index (χ1) is 10.8. The molecule has 2 fully saturated rings. The Morgan fingerprint density at radius 2 is 1.91 bits per heavy atom. The van der Waals surface area contributed by atoms with E-state index >= 15 is 0 Å². The van der Waals surface area contributed by atoms with E-state index in [-0.39, 0.29) is 0 Å². The molecule has 22 heavy (non-hydrogen) atoms. The van der Waals surface area contributed by atoms with Crippen LogP contribution in [0.4, 0.5) is 5.82 Å². The Kier molecular flexibility index (Phi) is 3.63. The van der Waals surface area contributed by atoms with Gasteiger partial charge in [0.1, 0.15) is 12.1 Å². The second-order valence-electron chi connectivity index (χ2n) is 6.10. The van der Waals surface area contributed by atoms with Crippen molar-refractivity contribution in [3.63, 3.8) is 0 Å². The Morgan fingerprint density at radius 1 is 1.09 bits per heavy atom. The third-order valence-corrected chi connectivity index (χ3v) is 4.92. The van der Waals surface area contributed by atoms with Crippen molar-refractivity contribution in [1.82, 2.24) is 24.8 Å². The van der Waals surface area contributed by atoms with Crippen molar-refractivity contribution in [2.45, 2.75) is 13.0 Å². The Bertz CT molecular complexity index is 641.